The van der Waals surface area contributed by atoms with E-state index in [-0.39, 0.29) is 18.1 Å². The van der Waals surface area contributed by atoms with Gasteiger partial charge >= 0.3 is 0 Å². The van der Waals surface area contributed by atoms with E-state index < -0.39 is 4.92 Å². The van der Waals surface area contributed by atoms with Crippen LogP contribution in [0.3, 0.4) is 0 Å². The summed E-state index contributed by atoms with van der Waals surface area (Å²) in [6.45, 7) is 4.27. The number of pyridine rings is 1. The molecular weight excluding hydrogens is 400 g/mol. The van der Waals surface area contributed by atoms with Crippen molar-refractivity contribution >= 4 is 38.3 Å². The fraction of sp³-hybridized carbons (Fsp3) is 0.136. The quantitative estimate of drug-likeness (QED) is 0.334. The minimum Gasteiger partial charge on any atom is -0.278 e. The summed E-state index contributed by atoms with van der Waals surface area (Å²) in [5.41, 5.74) is 4.06. The second-order valence-corrected chi connectivity index (χ2v) is 7.95. The highest BCUT2D eigenvalue weighted by Gasteiger charge is 2.23. The van der Waals surface area contributed by atoms with Gasteiger partial charge in [0.15, 0.2) is 5.13 Å². The number of benzene rings is 2. The Kier molecular flexibility index (Phi) is 5.24. The van der Waals surface area contributed by atoms with Crippen LogP contribution >= 0.6 is 11.3 Å². The van der Waals surface area contributed by atoms with Crippen LogP contribution in [0.15, 0.2) is 60.8 Å². The fourth-order valence-electron chi connectivity index (χ4n) is 3.24. The van der Waals surface area contributed by atoms with Crippen molar-refractivity contribution in [1.82, 2.24) is 9.97 Å². The van der Waals surface area contributed by atoms with Crippen LogP contribution in [-0.2, 0) is 6.54 Å². The summed E-state index contributed by atoms with van der Waals surface area (Å²) in [6, 6.07) is 15.2. The number of fused-ring (bicyclic) bond motifs is 1. The third kappa shape index (κ3) is 3.90. The van der Waals surface area contributed by atoms with E-state index in [1.165, 1.54) is 35.6 Å². The molecule has 0 N–H and O–H groups in total. The predicted octanol–water partition coefficient (Wildman–Crippen LogP) is 5.06. The molecule has 2 aromatic heterocycles. The molecule has 2 aromatic carbocycles. The van der Waals surface area contributed by atoms with Crippen LogP contribution in [0.1, 0.15) is 27.2 Å². The number of non-ortho nitro benzene ring substituents is 1. The maximum absolute atomic E-state index is 13.4. The molecule has 0 atom stereocenters. The molecule has 0 bridgehead atoms. The van der Waals surface area contributed by atoms with Gasteiger partial charge in [0.1, 0.15) is 0 Å². The number of nitro groups is 1. The highest BCUT2D eigenvalue weighted by molar-refractivity contribution is 7.22. The van der Waals surface area contributed by atoms with Crippen LogP contribution in [0.25, 0.3) is 10.2 Å². The minimum atomic E-state index is -0.488. The normalized spacial score (nSPS) is 10.9. The molecule has 0 saturated carbocycles. The Balaban J connectivity index is 1.77. The highest BCUT2D eigenvalue weighted by atomic mass is 32.1. The zero-order valence-corrected chi connectivity index (χ0v) is 17.2. The lowest BCUT2D eigenvalue weighted by Gasteiger charge is -2.19. The summed E-state index contributed by atoms with van der Waals surface area (Å²) >= 11 is 1.44. The number of hydrogen-bond acceptors (Lipinski definition) is 6. The lowest BCUT2D eigenvalue weighted by atomic mass is 10.1. The van der Waals surface area contributed by atoms with Crippen molar-refractivity contribution in [3.8, 4) is 0 Å². The summed E-state index contributed by atoms with van der Waals surface area (Å²) < 4.78 is 1.00. The van der Waals surface area contributed by atoms with E-state index in [1.54, 1.807) is 11.1 Å². The zero-order valence-electron chi connectivity index (χ0n) is 16.4. The second kappa shape index (κ2) is 8.00. The Labute approximate surface area is 176 Å². The lowest BCUT2D eigenvalue weighted by molar-refractivity contribution is -0.384. The summed E-state index contributed by atoms with van der Waals surface area (Å²) in [5, 5.41) is 11.5. The first kappa shape index (κ1) is 19.7. The molecule has 0 radical (unpaired) electrons. The summed E-state index contributed by atoms with van der Waals surface area (Å²) in [6.07, 6.45) is 1.68. The average molecular weight is 418 g/mol. The van der Waals surface area contributed by atoms with Gasteiger partial charge < -0.3 is 0 Å². The van der Waals surface area contributed by atoms with Gasteiger partial charge in [-0.3, -0.25) is 24.8 Å². The molecule has 4 rings (SSSR count). The van der Waals surface area contributed by atoms with E-state index in [2.05, 4.69) is 17.1 Å². The van der Waals surface area contributed by atoms with Gasteiger partial charge in [-0.15, -0.1) is 0 Å². The number of aryl methyl sites for hydroxylation is 2. The molecule has 30 heavy (non-hydrogen) atoms. The molecule has 4 aromatic rings. The SMILES string of the molecule is Cc1cc(C)c2nc(N(Cc3ccccn3)C(=O)c3ccc([N+](=O)[O-])cc3)sc2c1. The number of carbonyl (C=O) groups is 1. The van der Waals surface area contributed by atoms with Crippen molar-refractivity contribution in [2.24, 2.45) is 0 Å². The molecule has 0 aliphatic carbocycles. The Morgan fingerprint density at radius 3 is 2.57 bits per heavy atom. The summed E-state index contributed by atoms with van der Waals surface area (Å²) in [4.78, 5) is 34.4. The van der Waals surface area contributed by atoms with Crippen LogP contribution in [0.5, 0.6) is 0 Å². The van der Waals surface area contributed by atoms with Gasteiger partial charge in [-0.2, -0.15) is 0 Å². The average Bonchev–Trinajstić information content (AvgIpc) is 3.16. The molecule has 1 amide bonds. The third-order valence-electron chi connectivity index (χ3n) is 4.67. The van der Waals surface area contributed by atoms with Crippen molar-refractivity contribution < 1.29 is 9.72 Å². The lowest BCUT2D eigenvalue weighted by Crippen LogP contribution is -2.30. The Morgan fingerprint density at radius 1 is 1.13 bits per heavy atom. The molecule has 0 saturated heterocycles. The van der Waals surface area contributed by atoms with Crippen LogP contribution in [0.2, 0.25) is 0 Å². The minimum absolute atomic E-state index is 0.0612. The Bertz CT molecular complexity index is 1240. The van der Waals surface area contributed by atoms with Crippen molar-refractivity contribution in [3.63, 3.8) is 0 Å². The Morgan fingerprint density at radius 2 is 1.90 bits per heavy atom. The van der Waals surface area contributed by atoms with Gasteiger partial charge in [-0.1, -0.05) is 23.5 Å². The van der Waals surface area contributed by atoms with Crippen molar-refractivity contribution in [2.45, 2.75) is 20.4 Å². The number of nitro benzene ring substituents is 1. The van der Waals surface area contributed by atoms with Gasteiger partial charge in [-0.25, -0.2) is 4.98 Å². The summed E-state index contributed by atoms with van der Waals surface area (Å²) in [7, 11) is 0. The molecule has 8 heteroatoms. The highest BCUT2D eigenvalue weighted by Crippen LogP contribution is 2.33. The van der Waals surface area contributed by atoms with Crippen LogP contribution in [-0.4, -0.2) is 20.8 Å². The van der Waals surface area contributed by atoms with Gasteiger partial charge in [0.2, 0.25) is 0 Å². The largest absolute Gasteiger partial charge is 0.278 e. The van der Waals surface area contributed by atoms with Gasteiger partial charge in [-0.05, 0) is 55.3 Å². The molecule has 150 valence electrons. The van der Waals surface area contributed by atoms with Gasteiger partial charge in [0.05, 0.1) is 27.4 Å². The fourth-order valence-corrected chi connectivity index (χ4v) is 4.38. The van der Waals surface area contributed by atoms with E-state index in [0.717, 1.165) is 27.0 Å². The van der Waals surface area contributed by atoms with E-state index >= 15 is 0 Å². The summed E-state index contributed by atoms with van der Waals surface area (Å²) in [5.74, 6) is -0.288. The van der Waals surface area contributed by atoms with Crippen molar-refractivity contribution in [2.75, 3.05) is 4.90 Å². The monoisotopic (exact) mass is 418 g/mol. The number of anilines is 1. The smallest absolute Gasteiger partial charge is 0.269 e. The molecule has 7 nitrogen and oxygen atoms in total. The third-order valence-corrected chi connectivity index (χ3v) is 5.69. The van der Waals surface area contributed by atoms with Crippen molar-refractivity contribution in [1.29, 1.82) is 0 Å². The second-order valence-electron chi connectivity index (χ2n) is 6.94. The van der Waals surface area contributed by atoms with Crippen molar-refractivity contribution in [3.05, 3.63) is 93.3 Å². The predicted molar refractivity (Wildman–Crippen MR) is 117 cm³/mol. The van der Waals surface area contributed by atoms with Gasteiger partial charge in [0.25, 0.3) is 11.6 Å². The van der Waals surface area contributed by atoms with Crippen LogP contribution in [0.4, 0.5) is 10.8 Å². The molecule has 0 fully saturated rings. The number of nitrogens with zero attached hydrogens (tertiary/aromatic N) is 4. The van der Waals surface area contributed by atoms with E-state index in [0.29, 0.717) is 10.7 Å². The maximum atomic E-state index is 13.4. The zero-order chi connectivity index (χ0) is 21.3. The van der Waals surface area contributed by atoms with E-state index in [4.69, 9.17) is 4.98 Å². The standard InChI is InChI=1S/C22H18N4O3S/c1-14-11-15(2)20-19(12-14)30-22(24-20)25(13-17-5-3-4-10-23-17)21(27)16-6-8-18(9-7-16)26(28)29/h3-12H,13H2,1-2H3. The first-order chi connectivity index (χ1) is 14.4. The molecular formula is C22H18N4O3S. The molecule has 0 spiro atoms. The van der Waals surface area contributed by atoms with E-state index in [9.17, 15) is 14.9 Å². The Hall–Kier alpha value is -3.65. The first-order valence-corrected chi connectivity index (χ1v) is 10.1. The molecule has 2 heterocycles. The number of hydrogen-bond donors (Lipinski definition) is 0. The number of amides is 1. The number of rotatable bonds is 5. The van der Waals surface area contributed by atoms with Crippen LogP contribution < -0.4 is 4.90 Å². The molecule has 0 aliphatic rings. The molecule has 0 aliphatic heterocycles. The van der Waals surface area contributed by atoms with Gasteiger partial charge in [0, 0.05) is 23.9 Å². The first-order valence-electron chi connectivity index (χ1n) is 9.26. The molecule has 0 unspecified atom stereocenters. The van der Waals surface area contributed by atoms with Crippen LogP contribution in [0, 0.1) is 24.0 Å². The number of aromatic nitrogens is 2. The number of carbonyl (C=O) groups excluding carboxylic acids is 1. The number of thiazole rings is 1. The maximum Gasteiger partial charge on any atom is 0.269 e. The topological polar surface area (TPSA) is 89.2 Å². The van der Waals surface area contributed by atoms with E-state index in [1.807, 2.05) is 32.0 Å².